The summed E-state index contributed by atoms with van der Waals surface area (Å²) in [5.41, 5.74) is -0.325. The first kappa shape index (κ1) is 14.5. The molecule has 2 N–H and O–H groups in total. The van der Waals surface area contributed by atoms with E-state index in [2.05, 4.69) is 17.6 Å². The summed E-state index contributed by atoms with van der Waals surface area (Å²) in [5.74, 6) is 0.0791. The molecule has 0 bridgehead atoms. The predicted molar refractivity (Wildman–Crippen MR) is 77.4 cm³/mol. The molecule has 7 heteroatoms. The summed E-state index contributed by atoms with van der Waals surface area (Å²) in [6.45, 7) is 0. The highest BCUT2D eigenvalue weighted by Gasteiger charge is 2.18. The number of hydrogen-bond acceptors (Lipinski definition) is 6. The maximum Gasteiger partial charge on any atom is 0.267 e. The minimum Gasteiger partial charge on any atom is -0.504 e. The summed E-state index contributed by atoms with van der Waals surface area (Å²) in [5, 5.41) is 28.3. The van der Waals surface area contributed by atoms with Crippen molar-refractivity contribution >= 4 is 12.6 Å². The Hall–Kier alpha value is -2.90. The van der Waals surface area contributed by atoms with Crippen molar-refractivity contribution in [3.63, 3.8) is 0 Å². The van der Waals surface area contributed by atoms with E-state index in [9.17, 15) is 15.2 Å². The lowest BCUT2D eigenvalue weighted by atomic mass is 9.97. The summed E-state index contributed by atoms with van der Waals surface area (Å²) >= 11 is 4.04. The molecule has 0 radical (unpaired) electrons. The second kappa shape index (κ2) is 5.61. The summed E-state index contributed by atoms with van der Waals surface area (Å²) in [6, 6.07) is 8.02. The van der Waals surface area contributed by atoms with Gasteiger partial charge >= 0.3 is 0 Å². The van der Waals surface area contributed by atoms with Crippen molar-refractivity contribution in [2.24, 2.45) is 0 Å². The van der Waals surface area contributed by atoms with Gasteiger partial charge in [0.05, 0.1) is 17.7 Å². The molecular weight excluding hydrogens is 290 g/mol. The Morgan fingerprint density at radius 1 is 1.29 bits per heavy atom. The first-order valence-corrected chi connectivity index (χ1v) is 6.15. The number of aromatic hydroxyl groups is 1. The van der Waals surface area contributed by atoms with Gasteiger partial charge in [-0.25, -0.2) is 0 Å². The zero-order valence-corrected chi connectivity index (χ0v) is 11.7. The molecule has 0 fully saturated rings. The quantitative estimate of drug-likeness (QED) is 0.732. The molecule has 0 saturated heterocycles. The Balaban J connectivity index is 2.86. The Morgan fingerprint density at radius 2 is 1.95 bits per heavy atom. The average molecular weight is 299 g/mol. The molecule has 21 heavy (non-hydrogen) atoms. The van der Waals surface area contributed by atoms with Crippen molar-refractivity contribution in [3.8, 4) is 34.8 Å². The van der Waals surface area contributed by atoms with E-state index in [-0.39, 0.29) is 33.2 Å². The van der Waals surface area contributed by atoms with Crippen molar-refractivity contribution < 1.29 is 9.84 Å². The lowest BCUT2D eigenvalue weighted by Crippen LogP contribution is -2.14. The standard InChI is InChI=1S/C14H9N3O3S/c1-20-11-3-2-7(4-10(11)18)12-8(5-15)13(19)17-14(21)9(12)6-16/h2-4,18H,1H3,(H2,17,19,21). The van der Waals surface area contributed by atoms with Gasteiger partial charge in [0.1, 0.15) is 17.7 Å². The van der Waals surface area contributed by atoms with E-state index < -0.39 is 5.56 Å². The monoisotopic (exact) mass is 299 g/mol. The Kier molecular flexibility index (Phi) is 3.88. The molecule has 1 aromatic carbocycles. The van der Waals surface area contributed by atoms with Crippen LogP contribution in [0.15, 0.2) is 28.0 Å². The average Bonchev–Trinajstić information content (AvgIpc) is 2.46. The Morgan fingerprint density at radius 3 is 2.48 bits per heavy atom. The number of aromatic nitrogens is 1. The van der Waals surface area contributed by atoms with E-state index in [0.717, 1.165) is 0 Å². The number of rotatable bonds is 2. The second-order valence-electron chi connectivity index (χ2n) is 4.04. The summed E-state index contributed by atoms with van der Waals surface area (Å²) in [7, 11) is 1.40. The van der Waals surface area contributed by atoms with Gasteiger partial charge < -0.3 is 14.8 Å². The third-order valence-corrected chi connectivity index (χ3v) is 3.22. The summed E-state index contributed by atoms with van der Waals surface area (Å²) in [4.78, 5) is 14.2. The molecule has 0 atom stereocenters. The zero-order valence-electron chi connectivity index (χ0n) is 10.8. The maximum atomic E-state index is 11.8. The number of aromatic amines is 1. The predicted octanol–water partition coefficient (Wildman–Crippen LogP) is 1.79. The normalized spacial score (nSPS) is 9.71. The van der Waals surface area contributed by atoms with Crippen LogP contribution in [0, 0.1) is 22.7 Å². The molecule has 6 nitrogen and oxygen atoms in total. The van der Waals surface area contributed by atoms with Crippen LogP contribution in [-0.4, -0.2) is 17.2 Å². The number of thiol groups is 1. The molecule has 104 valence electrons. The lowest BCUT2D eigenvalue weighted by molar-refractivity contribution is 0.373. The summed E-state index contributed by atoms with van der Waals surface area (Å²) < 4.78 is 4.93. The molecule has 1 heterocycles. The fraction of sp³-hybridized carbons (Fsp3) is 0.0714. The van der Waals surface area contributed by atoms with Crippen LogP contribution in [0.1, 0.15) is 11.1 Å². The number of hydrogen-bond donors (Lipinski definition) is 3. The molecule has 0 unspecified atom stereocenters. The Bertz CT molecular complexity index is 859. The van der Waals surface area contributed by atoms with Gasteiger partial charge in [0.15, 0.2) is 11.5 Å². The third-order valence-electron chi connectivity index (χ3n) is 2.89. The largest absolute Gasteiger partial charge is 0.504 e. The smallest absolute Gasteiger partial charge is 0.267 e. The molecule has 0 aliphatic carbocycles. The molecule has 2 rings (SSSR count). The van der Waals surface area contributed by atoms with Crippen LogP contribution in [0.3, 0.4) is 0 Å². The second-order valence-corrected chi connectivity index (χ2v) is 4.49. The number of methoxy groups -OCH3 is 1. The van der Waals surface area contributed by atoms with Crippen molar-refractivity contribution in [1.29, 1.82) is 10.5 Å². The van der Waals surface area contributed by atoms with Gasteiger partial charge in [0, 0.05) is 5.56 Å². The van der Waals surface area contributed by atoms with Crippen molar-refractivity contribution in [3.05, 3.63) is 39.7 Å². The van der Waals surface area contributed by atoms with Crippen LogP contribution in [0.2, 0.25) is 0 Å². The number of ether oxygens (including phenoxy) is 1. The molecule has 0 amide bonds. The highest BCUT2D eigenvalue weighted by atomic mass is 32.1. The van der Waals surface area contributed by atoms with Crippen molar-refractivity contribution in [1.82, 2.24) is 4.98 Å². The molecule has 0 saturated carbocycles. The van der Waals surface area contributed by atoms with Gasteiger partial charge in [-0.05, 0) is 17.7 Å². The zero-order chi connectivity index (χ0) is 15.6. The van der Waals surface area contributed by atoms with E-state index in [1.54, 1.807) is 12.1 Å². The number of pyridine rings is 1. The van der Waals surface area contributed by atoms with Crippen molar-refractivity contribution in [2.75, 3.05) is 7.11 Å². The van der Waals surface area contributed by atoms with Crippen LogP contribution in [-0.2, 0) is 0 Å². The SMILES string of the molecule is COc1ccc(-c2c(C#N)c(S)[nH]c(=O)c2C#N)cc1O. The lowest BCUT2D eigenvalue weighted by Gasteiger charge is -2.10. The minimum atomic E-state index is -0.646. The van der Waals surface area contributed by atoms with E-state index >= 15 is 0 Å². The number of H-pyrrole nitrogens is 1. The molecule has 1 aromatic heterocycles. The number of phenols is 1. The first-order chi connectivity index (χ1) is 10.0. The molecule has 0 aliphatic rings. The maximum absolute atomic E-state index is 11.8. The van der Waals surface area contributed by atoms with Crippen LogP contribution in [0.5, 0.6) is 11.5 Å². The van der Waals surface area contributed by atoms with Gasteiger partial charge in [-0.15, -0.1) is 12.6 Å². The number of nitrogens with zero attached hydrogens (tertiary/aromatic N) is 2. The minimum absolute atomic E-state index is 0.0547. The molecule has 0 aliphatic heterocycles. The number of nitrogens with one attached hydrogen (secondary N) is 1. The van der Waals surface area contributed by atoms with E-state index in [0.29, 0.717) is 5.56 Å². The Labute approximate surface area is 125 Å². The number of benzene rings is 1. The van der Waals surface area contributed by atoms with E-state index in [1.807, 2.05) is 6.07 Å². The van der Waals surface area contributed by atoms with Crippen LogP contribution in [0.4, 0.5) is 0 Å². The fourth-order valence-electron chi connectivity index (χ4n) is 1.94. The van der Waals surface area contributed by atoms with Gasteiger partial charge in [-0.2, -0.15) is 10.5 Å². The van der Waals surface area contributed by atoms with Crippen LogP contribution in [0.25, 0.3) is 11.1 Å². The van der Waals surface area contributed by atoms with E-state index in [1.165, 1.54) is 19.2 Å². The number of phenolic OH excluding ortho intramolecular Hbond substituents is 1. The topological polar surface area (TPSA) is 110 Å². The van der Waals surface area contributed by atoms with Crippen molar-refractivity contribution in [2.45, 2.75) is 5.03 Å². The van der Waals surface area contributed by atoms with Crippen LogP contribution >= 0.6 is 12.6 Å². The highest BCUT2D eigenvalue weighted by molar-refractivity contribution is 7.80. The highest BCUT2D eigenvalue weighted by Crippen LogP contribution is 2.34. The van der Waals surface area contributed by atoms with Gasteiger partial charge in [0.2, 0.25) is 0 Å². The number of nitriles is 2. The summed E-state index contributed by atoms with van der Waals surface area (Å²) in [6.07, 6.45) is 0. The van der Waals surface area contributed by atoms with Gasteiger partial charge in [0.25, 0.3) is 5.56 Å². The van der Waals surface area contributed by atoms with Gasteiger partial charge in [-0.1, -0.05) is 6.07 Å². The third kappa shape index (κ3) is 2.42. The molecular formula is C14H9N3O3S. The van der Waals surface area contributed by atoms with E-state index in [4.69, 9.17) is 10.00 Å². The van der Waals surface area contributed by atoms with Gasteiger partial charge in [-0.3, -0.25) is 4.79 Å². The molecule has 0 spiro atoms. The molecule has 2 aromatic rings. The fourth-order valence-corrected chi connectivity index (χ4v) is 2.20. The first-order valence-electron chi connectivity index (χ1n) is 5.70. The van der Waals surface area contributed by atoms with Crippen LogP contribution < -0.4 is 10.3 Å².